The quantitative estimate of drug-likeness (QED) is 0.775. The van der Waals surface area contributed by atoms with Crippen molar-refractivity contribution in [2.45, 2.75) is 20.0 Å². The van der Waals surface area contributed by atoms with Crippen molar-refractivity contribution in [3.05, 3.63) is 17.0 Å². The van der Waals surface area contributed by atoms with Crippen LogP contribution in [0.5, 0.6) is 0 Å². The summed E-state index contributed by atoms with van der Waals surface area (Å²) in [4.78, 5) is 12.9. The van der Waals surface area contributed by atoms with Crippen LogP contribution in [0.25, 0.3) is 0 Å². The fourth-order valence-electron chi connectivity index (χ4n) is 1.82. The van der Waals surface area contributed by atoms with Gasteiger partial charge in [0.25, 0.3) is 0 Å². The summed E-state index contributed by atoms with van der Waals surface area (Å²) in [5, 5.41) is 4.08. The lowest BCUT2D eigenvalue weighted by atomic mass is 10.2. The summed E-state index contributed by atoms with van der Waals surface area (Å²) in [5.41, 5.74) is 1.57. The van der Waals surface area contributed by atoms with Gasteiger partial charge in [-0.3, -0.25) is 9.58 Å². The lowest BCUT2D eigenvalue weighted by Crippen LogP contribution is -2.33. The first-order valence-electron chi connectivity index (χ1n) is 6.04. The lowest BCUT2D eigenvalue weighted by molar-refractivity contribution is -0.143. The SMILES string of the molecule is Cc1nn(C)c(C)c1C(=O)OCCN(C)CC(F)(F)F. The van der Waals surface area contributed by atoms with Gasteiger partial charge in [-0.05, 0) is 20.9 Å². The second-order valence-electron chi connectivity index (χ2n) is 4.66. The molecule has 5 nitrogen and oxygen atoms in total. The first-order valence-corrected chi connectivity index (χ1v) is 6.04. The van der Waals surface area contributed by atoms with Crippen LogP contribution in [-0.2, 0) is 11.8 Å². The molecule has 0 spiro atoms. The van der Waals surface area contributed by atoms with Gasteiger partial charge >= 0.3 is 12.1 Å². The van der Waals surface area contributed by atoms with Gasteiger partial charge in [-0.25, -0.2) is 4.79 Å². The Bertz CT molecular complexity index is 483. The molecule has 0 saturated heterocycles. The number of carbonyl (C=O) groups excluding carboxylic acids is 1. The molecule has 0 aliphatic heterocycles. The highest BCUT2D eigenvalue weighted by atomic mass is 19.4. The number of hydrogen-bond donors (Lipinski definition) is 0. The van der Waals surface area contributed by atoms with Crippen LogP contribution in [0.4, 0.5) is 13.2 Å². The molecule has 20 heavy (non-hydrogen) atoms. The van der Waals surface area contributed by atoms with Crippen molar-refractivity contribution in [3.8, 4) is 0 Å². The van der Waals surface area contributed by atoms with E-state index in [2.05, 4.69) is 5.10 Å². The first-order chi connectivity index (χ1) is 9.11. The van der Waals surface area contributed by atoms with Crippen LogP contribution < -0.4 is 0 Å². The van der Waals surface area contributed by atoms with E-state index in [1.165, 1.54) is 7.05 Å². The molecule has 1 aromatic rings. The Hall–Kier alpha value is -1.57. The molecule has 1 rings (SSSR count). The van der Waals surface area contributed by atoms with E-state index in [0.717, 1.165) is 4.90 Å². The van der Waals surface area contributed by atoms with Crippen molar-refractivity contribution in [2.24, 2.45) is 7.05 Å². The Labute approximate surface area is 115 Å². The zero-order chi connectivity index (χ0) is 15.5. The van der Waals surface area contributed by atoms with Crippen molar-refractivity contribution >= 4 is 5.97 Å². The van der Waals surface area contributed by atoms with Crippen LogP contribution in [-0.4, -0.2) is 53.6 Å². The number of rotatable bonds is 5. The Morgan fingerprint density at radius 3 is 2.45 bits per heavy atom. The molecule has 0 aromatic carbocycles. The number of nitrogens with zero attached hydrogens (tertiary/aromatic N) is 3. The van der Waals surface area contributed by atoms with E-state index < -0.39 is 18.7 Å². The van der Waals surface area contributed by atoms with Crippen LogP contribution in [0.2, 0.25) is 0 Å². The highest BCUT2D eigenvalue weighted by molar-refractivity contribution is 5.91. The minimum Gasteiger partial charge on any atom is -0.461 e. The monoisotopic (exact) mass is 293 g/mol. The number of aryl methyl sites for hydroxylation is 2. The number of ether oxygens (including phenoxy) is 1. The molecule has 0 amide bonds. The Balaban J connectivity index is 2.48. The number of esters is 1. The summed E-state index contributed by atoms with van der Waals surface area (Å²) in [6, 6.07) is 0. The normalized spacial score (nSPS) is 12.0. The minimum atomic E-state index is -4.25. The molecule has 1 aromatic heterocycles. The molecule has 0 radical (unpaired) electrons. The Kier molecular flexibility index (Phi) is 5.15. The van der Waals surface area contributed by atoms with Gasteiger partial charge in [0.2, 0.25) is 0 Å². The molecule has 0 bridgehead atoms. The summed E-state index contributed by atoms with van der Waals surface area (Å²) >= 11 is 0. The highest BCUT2D eigenvalue weighted by Crippen LogP contribution is 2.16. The summed E-state index contributed by atoms with van der Waals surface area (Å²) in [6.07, 6.45) is -4.25. The molecule has 114 valence electrons. The molecular formula is C12H18F3N3O2. The van der Waals surface area contributed by atoms with Crippen LogP contribution in [0.3, 0.4) is 0 Å². The van der Waals surface area contributed by atoms with E-state index in [1.807, 2.05) is 0 Å². The average Bonchev–Trinajstić information content (AvgIpc) is 2.50. The summed E-state index contributed by atoms with van der Waals surface area (Å²) in [6.45, 7) is 2.30. The number of hydrogen-bond acceptors (Lipinski definition) is 4. The molecule has 0 saturated carbocycles. The molecule has 0 aliphatic carbocycles. The highest BCUT2D eigenvalue weighted by Gasteiger charge is 2.29. The molecule has 1 heterocycles. The van der Waals surface area contributed by atoms with Crippen molar-refractivity contribution in [2.75, 3.05) is 26.7 Å². The predicted octanol–water partition coefficient (Wildman–Crippen LogP) is 1.69. The van der Waals surface area contributed by atoms with E-state index in [4.69, 9.17) is 4.74 Å². The maximum atomic E-state index is 12.1. The topological polar surface area (TPSA) is 47.4 Å². The van der Waals surface area contributed by atoms with Gasteiger partial charge in [-0.15, -0.1) is 0 Å². The zero-order valence-electron chi connectivity index (χ0n) is 11.9. The lowest BCUT2D eigenvalue weighted by Gasteiger charge is -2.18. The fourth-order valence-corrected chi connectivity index (χ4v) is 1.82. The van der Waals surface area contributed by atoms with Crippen LogP contribution >= 0.6 is 0 Å². The van der Waals surface area contributed by atoms with Gasteiger partial charge in [0.1, 0.15) is 12.2 Å². The number of halogens is 3. The number of alkyl halides is 3. The van der Waals surface area contributed by atoms with Crippen molar-refractivity contribution in [1.82, 2.24) is 14.7 Å². The van der Waals surface area contributed by atoms with Crippen molar-refractivity contribution in [1.29, 1.82) is 0 Å². The van der Waals surface area contributed by atoms with E-state index >= 15 is 0 Å². The Morgan fingerprint density at radius 2 is 2.00 bits per heavy atom. The van der Waals surface area contributed by atoms with Crippen LogP contribution in [0, 0.1) is 13.8 Å². The molecule has 8 heteroatoms. The number of likely N-dealkylation sites (N-methyl/N-ethyl adjacent to an activating group) is 1. The summed E-state index contributed by atoms with van der Waals surface area (Å²) in [5.74, 6) is -0.562. The van der Waals surface area contributed by atoms with Crippen LogP contribution in [0.1, 0.15) is 21.7 Å². The third-order valence-electron chi connectivity index (χ3n) is 2.87. The van der Waals surface area contributed by atoms with Gasteiger partial charge in [-0.2, -0.15) is 18.3 Å². The van der Waals surface area contributed by atoms with E-state index in [9.17, 15) is 18.0 Å². The van der Waals surface area contributed by atoms with Gasteiger partial charge < -0.3 is 4.74 Å². The van der Waals surface area contributed by atoms with Crippen molar-refractivity contribution in [3.63, 3.8) is 0 Å². The second-order valence-corrected chi connectivity index (χ2v) is 4.66. The molecular weight excluding hydrogens is 275 g/mol. The first kappa shape index (κ1) is 16.5. The second kappa shape index (κ2) is 6.25. The van der Waals surface area contributed by atoms with Crippen LogP contribution in [0.15, 0.2) is 0 Å². The van der Waals surface area contributed by atoms with Gasteiger partial charge in [0.15, 0.2) is 0 Å². The van der Waals surface area contributed by atoms with E-state index in [1.54, 1.807) is 25.6 Å². The fraction of sp³-hybridized carbons (Fsp3) is 0.667. The molecule has 0 fully saturated rings. The third kappa shape index (κ3) is 4.52. The summed E-state index contributed by atoms with van der Waals surface area (Å²) < 4.78 is 42.9. The molecule has 0 N–H and O–H groups in total. The standard InChI is InChI=1S/C12H18F3N3O2/c1-8-10(9(2)18(4)16-8)11(19)20-6-5-17(3)7-12(13,14)15/h5-7H2,1-4H3. The van der Waals surface area contributed by atoms with Crippen molar-refractivity contribution < 1.29 is 22.7 Å². The van der Waals surface area contributed by atoms with Gasteiger partial charge in [0.05, 0.1) is 12.2 Å². The number of aromatic nitrogens is 2. The molecule has 0 atom stereocenters. The largest absolute Gasteiger partial charge is 0.461 e. The van der Waals surface area contributed by atoms with Gasteiger partial charge in [0, 0.05) is 19.3 Å². The zero-order valence-corrected chi connectivity index (χ0v) is 11.9. The molecule has 0 unspecified atom stereocenters. The third-order valence-corrected chi connectivity index (χ3v) is 2.87. The van der Waals surface area contributed by atoms with E-state index in [0.29, 0.717) is 17.0 Å². The average molecular weight is 293 g/mol. The number of carbonyl (C=O) groups is 1. The summed E-state index contributed by atoms with van der Waals surface area (Å²) in [7, 11) is 3.03. The van der Waals surface area contributed by atoms with E-state index in [-0.39, 0.29) is 13.2 Å². The van der Waals surface area contributed by atoms with Gasteiger partial charge in [-0.1, -0.05) is 0 Å². The smallest absolute Gasteiger partial charge is 0.401 e. The maximum Gasteiger partial charge on any atom is 0.401 e. The Morgan fingerprint density at radius 1 is 1.40 bits per heavy atom. The molecule has 0 aliphatic rings. The maximum absolute atomic E-state index is 12.1. The predicted molar refractivity (Wildman–Crippen MR) is 66.5 cm³/mol. The minimum absolute atomic E-state index is 0.0175.